The number of urea groups is 1. The molecule has 1 unspecified atom stereocenters. The summed E-state index contributed by atoms with van der Waals surface area (Å²) in [5, 5.41) is 14.3. The molecule has 0 aromatic heterocycles. The third-order valence-electron chi connectivity index (χ3n) is 3.14. The third-order valence-corrected chi connectivity index (χ3v) is 3.14. The summed E-state index contributed by atoms with van der Waals surface area (Å²) in [4.78, 5) is 11.6. The van der Waals surface area contributed by atoms with Crippen molar-refractivity contribution in [2.75, 3.05) is 6.61 Å². The molecule has 1 aromatic rings. The molecule has 0 saturated heterocycles. The number of aliphatic hydroxyl groups is 1. The molecule has 2 rings (SSSR count). The maximum Gasteiger partial charge on any atom is 0.315 e. The van der Waals surface area contributed by atoms with E-state index < -0.39 is 0 Å². The van der Waals surface area contributed by atoms with Crippen LogP contribution in [0.3, 0.4) is 0 Å². The Labute approximate surface area is 105 Å². The third kappa shape index (κ3) is 2.79. The van der Waals surface area contributed by atoms with Gasteiger partial charge in [0.25, 0.3) is 0 Å². The summed E-state index contributed by atoms with van der Waals surface area (Å²) in [5.41, 5.74) is 1.93. The molecule has 0 bridgehead atoms. The van der Waals surface area contributed by atoms with Crippen molar-refractivity contribution in [2.45, 2.75) is 31.8 Å². The van der Waals surface area contributed by atoms with Crippen LogP contribution in [0.2, 0.25) is 0 Å². The number of fused-ring (bicyclic) bond motifs is 1. The van der Waals surface area contributed by atoms with Crippen LogP contribution < -0.4 is 10.6 Å². The highest BCUT2D eigenvalue weighted by molar-refractivity contribution is 5.75. The lowest BCUT2D eigenvalue weighted by Gasteiger charge is -2.17. The minimum Gasteiger partial charge on any atom is -0.394 e. The number of amides is 2. The fraction of sp³-hybridized carbons (Fsp3) is 0.462. The Morgan fingerprint density at radius 2 is 2.39 bits per heavy atom. The Balaban J connectivity index is 2.01. The predicted molar refractivity (Wildman–Crippen MR) is 65.7 cm³/mol. The first-order valence-corrected chi connectivity index (χ1v) is 6.06. The van der Waals surface area contributed by atoms with E-state index in [2.05, 4.69) is 10.6 Å². The molecule has 5 heteroatoms. The van der Waals surface area contributed by atoms with Crippen LogP contribution in [0.15, 0.2) is 18.2 Å². The molecule has 4 nitrogen and oxygen atoms in total. The molecule has 3 N–H and O–H groups in total. The van der Waals surface area contributed by atoms with Gasteiger partial charge in [-0.1, -0.05) is 6.07 Å². The average molecular weight is 252 g/mol. The summed E-state index contributed by atoms with van der Waals surface area (Å²) in [6, 6.07) is 3.90. The fourth-order valence-corrected chi connectivity index (χ4v) is 2.19. The van der Waals surface area contributed by atoms with Gasteiger partial charge in [-0.3, -0.25) is 0 Å². The molecule has 18 heavy (non-hydrogen) atoms. The largest absolute Gasteiger partial charge is 0.394 e. The summed E-state index contributed by atoms with van der Waals surface area (Å²) in [6.45, 7) is 1.60. The van der Waals surface area contributed by atoms with Gasteiger partial charge in [0.1, 0.15) is 5.82 Å². The first-order valence-electron chi connectivity index (χ1n) is 6.06. The highest BCUT2D eigenvalue weighted by Gasteiger charge is 2.24. The number of carbonyl (C=O) groups is 1. The Morgan fingerprint density at radius 3 is 3.11 bits per heavy atom. The zero-order valence-corrected chi connectivity index (χ0v) is 10.2. The molecule has 0 aliphatic heterocycles. The molecule has 2 atom stereocenters. The maximum atomic E-state index is 13.2. The van der Waals surface area contributed by atoms with Gasteiger partial charge < -0.3 is 15.7 Å². The second-order valence-corrected chi connectivity index (χ2v) is 4.64. The normalized spacial score (nSPS) is 19.2. The molecule has 1 aromatic carbocycles. The lowest BCUT2D eigenvalue weighted by Crippen LogP contribution is -2.43. The standard InChI is InChI=1S/C13H17FN2O2/c1-8(7-17)15-13(18)16-12-5-3-9-2-4-10(14)6-11(9)12/h2,4,6,8,12,17H,3,5,7H2,1H3,(H2,15,16,18)/t8-,12?/m0/s1. The van der Waals surface area contributed by atoms with Crippen LogP contribution in [-0.2, 0) is 6.42 Å². The van der Waals surface area contributed by atoms with Crippen molar-refractivity contribution >= 4 is 6.03 Å². The topological polar surface area (TPSA) is 61.4 Å². The van der Waals surface area contributed by atoms with Crippen molar-refractivity contribution in [3.63, 3.8) is 0 Å². The minimum absolute atomic E-state index is 0.108. The van der Waals surface area contributed by atoms with E-state index in [0.717, 1.165) is 24.0 Å². The van der Waals surface area contributed by atoms with Crippen molar-refractivity contribution in [1.82, 2.24) is 10.6 Å². The Bertz CT molecular complexity index is 451. The molecule has 0 radical (unpaired) electrons. The van der Waals surface area contributed by atoms with Crippen molar-refractivity contribution < 1.29 is 14.3 Å². The summed E-state index contributed by atoms with van der Waals surface area (Å²) in [7, 11) is 0. The van der Waals surface area contributed by atoms with E-state index in [1.807, 2.05) is 0 Å². The van der Waals surface area contributed by atoms with Crippen LogP contribution in [-0.4, -0.2) is 23.8 Å². The molecule has 0 heterocycles. The molecule has 0 spiro atoms. The van der Waals surface area contributed by atoms with Gasteiger partial charge in [-0.2, -0.15) is 0 Å². The van der Waals surface area contributed by atoms with E-state index in [1.54, 1.807) is 13.0 Å². The lowest BCUT2D eigenvalue weighted by atomic mass is 10.1. The number of nitrogens with one attached hydrogen (secondary N) is 2. The number of halogens is 1. The van der Waals surface area contributed by atoms with Gasteiger partial charge in [-0.05, 0) is 43.0 Å². The molecule has 1 aliphatic rings. The van der Waals surface area contributed by atoms with Crippen LogP contribution in [0.1, 0.15) is 30.5 Å². The summed E-state index contributed by atoms with van der Waals surface area (Å²) < 4.78 is 13.2. The highest BCUT2D eigenvalue weighted by Crippen LogP contribution is 2.31. The number of aliphatic hydroxyl groups excluding tert-OH is 1. The van der Waals surface area contributed by atoms with E-state index in [4.69, 9.17) is 5.11 Å². The van der Waals surface area contributed by atoms with Crippen molar-refractivity contribution in [3.8, 4) is 0 Å². The first kappa shape index (κ1) is 12.8. The summed E-state index contributed by atoms with van der Waals surface area (Å²) in [5.74, 6) is -0.286. The van der Waals surface area contributed by atoms with Gasteiger partial charge in [0.2, 0.25) is 0 Å². The van der Waals surface area contributed by atoms with Crippen molar-refractivity contribution in [3.05, 3.63) is 35.1 Å². The molecular weight excluding hydrogens is 235 g/mol. The first-order chi connectivity index (χ1) is 8.60. The second-order valence-electron chi connectivity index (χ2n) is 4.64. The zero-order valence-electron chi connectivity index (χ0n) is 10.2. The number of carbonyl (C=O) groups excluding carboxylic acids is 1. The number of hydrogen-bond donors (Lipinski definition) is 3. The number of benzene rings is 1. The Kier molecular flexibility index (Phi) is 3.81. The van der Waals surface area contributed by atoms with Gasteiger partial charge in [0, 0.05) is 0 Å². The minimum atomic E-state index is -0.335. The van der Waals surface area contributed by atoms with E-state index >= 15 is 0 Å². The molecule has 98 valence electrons. The van der Waals surface area contributed by atoms with Gasteiger partial charge >= 0.3 is 6.03 Å². The molecule has 2 amide bonds. The molecule has 0 fully saturated rings. The van der Waals surface area contributed by atoms with Crippen LogP contribution >= 0.6 is 0 Å². The number of aryl methyl sites for hydroxylation is 1. The monoisotopic (exact) mass is 252 g/mol. The van der Waals surface area contributed by atoms with Crippen LogP contribution in [0.25, 0.3) is 0 Å². The molecule has 1 aliphatic carbocycles. The van der Waals surface area contributed by atoms with E-state index in [-0.39, 0.29) is 30.5 Å². The van der Waals surface area contributed by atoms with E-state index in [9.17, 15) is 9.18 Å². The van der Waals surface area contributed by atoms with Gasteiger partial charge in [-0.25, -0.2) is 9.18 Å². The lowest BCUT2D eigenvalue weighted by molar-refractivity contribution is 0.217. The second kappa shape index (κ2) is 5.35. The van der Waals surface area contributed by atoms with Gasteiger partial charge in [-0.15, -0.1) is 0 Å². The quantitative estimate of drug-likeness (QED) is 0.763. The number of hydrogen-bond acceptors (Lipinski definition) is 2. The van der Waals surface area contributed by atoms with Crippen LogP contribution in [0, 0.1) is 5.82 Å². The SMILES string of the molecule is C[C@@H](CO)NC(=O)NC1CCc2ccc(F)cc21. The average Bonchev–Trinajstić information content (AvgIpc) is 2.71. The Morgan fingerprint density at radius 1 is 1.61 bits per heavy atom. The fourth-order valence-electron chi connectivity index (χ4n) is 2.19. The van der Waals surface area contributed by atoms with E-state index in [1.165, 1.54) is 12.1 Å². The zero-order chi connectivity index (χ0) is 13.1. The van der Waals surface area contributed by atoms with Gasteiger partial charge in [0.05, 0.1) is 18.7 Å². The highest BCUT2D eigenvalue weighted by atomic mass is 19.1. The number of rotatable bonds is 3. The van der Waals surface area contributed by atoms with E-state index in [0.29, 0.717) is 0 Å². The predicted octanol–water partition coefficient (Wildman–Crippen LogP) is 1.49. The van der Waals surface area contributed by atoms with Crippen LogP contribution in [0.5, 0.6) is 0 Å². The maximum absolute atomic E-state index is 13.2. The smallest absolute Gasteiger partial charge is 0.315 e. The molecular formula is C13H17FN2O2. The summed E-state index contributed by atoms with van der Waals surface area (Å²) >= 11 is 0. The Hall–Kier alpha value is -1.62. The van der Waals surface area contributed by atoms with Crippen molar-refractivity contribution in [2.24, 2.45) is 0 Å². The van der Waals surface area contributed by atoms with Crippen molar-refractivity contribution in [1.29, 1.82) is 0 Å². The molecule has 0 saturated carbocycles. The van der Waals surface area contributed by atoms with Gasteiger partial charge in [0.15, 0.2) is 0 Å². The summed E-state index contributed by atoms with van der Waals surface area (Å²) in [6.07, 6.45) is 1.62. The van der Waals surface area contributed by atoms with Crippen LogP contribution in [0.4, 0.5) is 9.18 Å².